The number of likely N-dealkylation sites (N-methyl/N-ethyl adjacent to an activating group) is 1. The molecule has 0 heterocycles. The monoisotopic (exact) mass is 205 g/mol. The lowest BCUT2D eigenvalue weighted by Crippen LogP contribution is -2.41. The van der Waals surface area contributed by atoms with E-state index < -0.39 is 5.60 Å². The van der Waals surface area contributed by atoms with Crippen molar-refractivity contribution in [1.29, 1.82) is 0 Å². The minimum atomic E-state index is -0.581. The molecule has 1 unspecified atom stereocenters. The fraction of sp³-hybridized carbons (Fsp3) is 1.00. The second-order valence-electron chi connectivity index (χ2n) is 4.36. The highest BCUT2D eigenvalue weighted by molar-refractivity contribution is 7.98. The fourth-order valence-corrected chi connectivity index (χ4v) is 1.85. The van der Waals surface area contributed by atoms with Gasteiger partial charge < -0.3 is 10.0 Å². The SMILES string of the molecule is CSCCC(C)N(C)CC(C)(C)O. The van der Waals surface area contributed by atoms with Gasteiger partial charge in [-0.3, -0.25) is 0 Å². The van der Waals surface area contributed by atoms with E-state index in [1.165, 1.54) is 12.2 Å². The van der Waals surface area contributed by atoms with Crippen LogP contribution in [0, 0.1) is 0 Å². The third kappa shape index (κ3) is 7.35. The Balaban J connectivity index is 3.75. The molecule has 0 bridgehead atoms. The first-order chi connectivity index (χ1) is 5.87. The lowest BCUT2D eigenvalue weighted by Gasteiger charge is -2.30. The van der Waals surface area contributed by atoms with Gasteiger partial charge >= 0.3 is 0 Å². The average molecular weight is 205 g/mol. The largest absolute Gasteiger partial charge is 0.389 e. The van der Waals surface area contributed by atoms with Crippen molar-refractivity contribution in [1.82, 2.24) is 4.90 Å². The molecule has 0 aliphatic rings. The molecule has 0 aliphatic heterocycles. The predicted molar refractivity (Wildman–Crippen MR) is 61.4 cm³/mol. The van der Waals surface area contributed by atoms with Crippen molar-refractivity contribution >= 4 is 11.8 Å². The molecule has 0 aliphatic carbocycles. The van der Waals surface area contributed by atoms with Crippen LogP contribution in [0.4, 0.5) is 0 Å². The number of hydrogen-bond acceptors (Lipinski definition) is 3. The van der Waals surface area contributed by atoms with Crippen LogP contribution in [0.25, 0.3) is 0 Å². The minimum absolute atomic E-state index is 0.555. The van der Waals surface area contributed by atoms with Crippen LogP contribution in [0.5, 0.6) is 0 Å². The Morgan fingerprint density at radius 2 is 2.00 bits per heavy atom. The Morgan fingerprint density at radius 3 is 2.38 bits per heavy atom. The van der Waals surface area contributed by atoms with Gasteiger partial charge in [-0.1, -0.05) is 0 Å². The Morgan fingerprint density at radius 1 is 1.46 bits per heavy atom. The van der Waals surface area contributed by atoms with Gasteiger partial charge in [0, 0.05) is 12.6 Å². The summed E-state index contributed by atoms with van der Waals surface area (Å²) in [6.45, 7) is 6.65. The van der Waals surface area contributed by atoms with Crippen LogP contribution in [0.3, 0.4) is 0 Å². The molecule has 80 valence electrons. The molecule has 0 saturated heterocycles. The van der Waals surface area contributed by atoms with Crippen LogP contribution < -0.4 is 0 Å². The van der Waals surface area contributed by atoms with Gasteiger partial charge in [0.05, 0.1) is 5.60 Å². The molecule has 1 N–H and O–H groups in total. The highest BCUT2D eigenvalue weighted by atomic mass is 32.2. The molecule has 1 atom stereocenters. The van der Waals surface area contributed by atoms with Crippen molar-refractivity contribution < 1.29 is 5.11 Å². The van der Waals surface area contributed by atoms with Crippen LogP contribution in [0.1, 0.15) is 27.2 Å². The first-order valence-electron chi connectivity index (χ1n) is 4.78. The molecule has 3 heteroatoms. The molecule has 0 saturated carbocycles. The molecule has 0 rings (SSSR count). The lowest BCUT2D eigenvalue weighted by molar-refractivity contribution is 0.0332. The minimum Gasteiger partial charge on any atom is -0.389 e. The van der Waals surface area contributed by atoms with E-state index >= 15 is 0 Å². The Kier molecular flexibility index (Phi) is 6.01. The van der Waals surface area contributed by atoms with Gasteiger partial charge in [0.25, 0.3) is 0 Å². The molecule has 2 nitrogen and oxygen atoms in total. The summed E-state index contributed by atoms with van der Waals surface area (Å²) < 4.78 is 0. The zero-order chi connectivity index (χ0) is 10.5. The molecule has 0 amide bonds. The van der Waals surface area contributed by atoms with E-state index in [1.54, 1.807) is 0 Å². The van der Waals surface area contributed by atoms with Gasteiger partial charge in [-0.15, -0.1) is 0 Å². The van der Waals surface area contributed by atoms with Gasteiger partial charge in [-0.25, -0.2) is 0 Å². The van der Waals surface area contributed by atoms with E-state index in [0.29, 0.717) is 6.04 Å². The Hall–Kier alpha value is 0.270. The van der Waals surface area contributed by atoms with E-state index in [1.807, 2.05) is 25.6 Å². The fourth-order valence-electron chi connectivity index (χ4n) is 1.27. The second-order valence-corrected chi connectivity index (χ2v) is 5.34. The number of thioether (sulfide) groups is 1. The highest BCUT2D eigenvalue weighted by Gasteiger charge is 2.18. The van der Waals surface area contributed by atoms with E-state index in [0.717, 1.165) is 6.54 Å². The summed E-state index contributed by atoms with van der Waals surface area (Å²) in [5, 5.41) is 9.62. The maximum absolute atomic E-state index is 9.62. The maximum atomic E-state index is 9.62. The molecular weight excluding hydrogens is 182 g/mol. The third-order valence-corrected chi connectivity index (χ3v) is 2.77. The quantitative estimate of drug-likeness (QED) is 0.715. The third-order valence-electron chi connectivity index (χ3n) is 2.13. The van der Waals surface area contributed by atoms with Crippen molar-refractivity contribution in [2.24, 2.45) is 0 Å². The zero-order valence-corrected chi connectivity index (χ0v) is 10.3. The molecule has 0 spiro atoms. The smallest absolute Gasteiger partial charge is 0.0718 e. The standard InChI is InChI=1S/C10H23NOS/c1-9(6-7-13-5)11(4)8-10(2,3)12/h9,12H,6-8H2,1-5H3. The van der Waals surface area contributed by atoms with Crippen molar-refractivity contribution in [3.05, 3.63) is 0 Å². The molecule has 0 aromatic carbocycles. The molecule has 0 aromatic rings. The number of rotatable bonds is 6. The van der Waals surface area contributed by atoms with Crippen molar-refractivity contribution in [3.63, 3.8) is 0 Å². The molecule has 13 heavy (non-hydrogen) atoms. The molecule has 0 fully saturated rings. The van der Waals surface area contributed by atoms with Crippen LogP contribution >= 0.6 is 11.8 Å². The van der Waals surface area contributed by atoms with Gasteiger partial charge in [-0.05, 0) is 46.2 Å². The number of aliphatic hydroxyl groups is 1. The Bertz CT molecular complexity index is 133. The summed E-state index contributed by atoms with van der Waals surface area (Å²) in [4.78, 5) is 2.22. The summed E-state index contributed by atoms with van der Waals surface area (Å²) >= 11 is 1.88. The van der Waals surface area contributed by atoms with Crippen LogP contribution in [-0.2, 0) is 0 Å². The Labute approximate surface area is 86.7 Å². The normalized spacial score (nSPS) is 15.0. The van der Waals surface area contributed by atoms with E-state index in [2.05, 4.69) is 25.1 Å². The molecule has 0 radical (unpaired) electrons. The highest BCUT2D eigenvalue weighted by Crippen LogP contribution is 2.10. The second kappa shape index (κ2) is 5.89. The predicted octanol–water partition coefficient (Wildman–Crippen LogP) is 1.83. The maximum Gasteiger partial charge on any atom is 0.0718 e. The summed E-state index contributed by atoms with van der Waals surface area (Å²) in [5.41, 5.74) is -0.581. The van der Waals surface area contributed by atoms with Crippen molar-refractivity contribution in [3.8, 4) is 0 Å². The van der Waals surface area contributed by atoms with Gasteiger partial charge in [0.2, 0.25) is 0 Å². The lowest BCUT2D eigenvalue weighted by atomic mass is 10.1. The topological polar surface area (TPSA) is 23.5 Å². The van der Waals surface area contributed by atoms with E-state index in [-0.39, 0.29) is 0 Å². The summed E-state index contributed by atoms with van der Waals surface area (Å²) in [6.07, 6.45) is 3.32. The molecule has 0 aromatic heterocycles. The summed E-state index contributed by atoms with van der Waals surface area (Å²) in [6, 6.07) is 0.555. The van der Waals surface area contributed by atoms with E-state index in [9.17, 15) is 5.11 Å². The van der Waals surface area contributed by atoms with Crippen molar-refractivity contribution in [2.45, 2.75) is 38.8 Å². The van der Waals surface area contributed by atoms with Gasteiger partial charge in [0.1, 0.15) is 0 Å². The number of hydrogen-bond donors (Lipinski definition) is 1. The average Bonchev–Trinajstić information content (AvgIpc) is 1.96. The van der Waals surface area contributed by atoms with Gasteiger partial charge in [-0.2, -0.15) is 11.8 Å². The number of nitrogens with zero attached hydrogens (tertiary/aromatic N) is 1. The van der Waals surface area contributed by atoms with Crippen molar-refractivity contribution in [2.75, 3.05) is 25.6 Å². The zero-order valence-electron chi connectivity index (χ0n) is 9.50. The van der Waals surface area contributed by atoms with Crippen LogP contribution in [0.15, 0.2) is 0 Å². The van der Waals surface area contributed by atoms with Gasteiger partial charge in [0.15, 0.2) is 0 Å². The van der Waals surface area contributed by atoms with Crippen LogP contribution in [0.2, 0.25) is 0 Å². The summed E-state index contributed by atoms with van der Waals surface area (Å²) in [7, 11) is 2.07. The first kappa shape index (κ1) is 13.3. The molecular formula is C10H23NOS. The van der Waals surface area contributed by atoms with E-state index in [4.69, 9.17) is 0 Å². The first-order valence-corrected chi connectivity index (χ1v) is 6.18. The summed E-state index contributed by atoms with van der Waals surface area (Å²) in [5.74, 6) is 1.19. The van der Waals surface area contributed by atoms with Crippen LogP contribution in [-0.4, -0.2) is 47.3 Å².